The van der Waals surface area contributed by atoms with E-state index in [1.165, 1.54) is 30.3 Å². The van der Waals surface area contributed by atoms with Crippen LogP contribution in [0.5, 0.6) is 11.5 Å². The minimum atomic E-state index is -0.563. The number of carbonyl (C=O) groups is 2. The molecule has 0 saturated carbocycles. The zero-order valence-corrected chi connectivity index (χ0v) is 15.2. The molecule has 26 heavy (non-hydrogen) atoms. The molecule has 2 aromatic rings. The van der Waals surface area contributed by atoms with Crippen molar-refractivity contribution in [3.8, 4) is 11.5 Å². The van der Waals surface area contributed by atoms with Crippen LogP contribution in [0.2, 0.25) is 5.02 Å². The number of anilines is 1. The first-order chi connectivity index (χ1) is 12.3. The van der Waals surface area contributed by atoms with E-state index in [1.54, 1.807) is 6.07 Å². The molecule has 1 fully saturated rings. The van der Waals surface area contributed by atoms with Gasteiger partial charge >= 0.3 is 0 Å². The molecule has 0 spiro atoms. The highest BCUT2D eigenvalue weighted by molar-refractivity contribution is 6.32. The first-order valence-corrected chi connectivity index (χ1v) is 8.20. The number of rotatable bonds is 3. The Bertz CT molecular complexity index is 953. The number of benzene rings is 2. The molecule has 1 saturated heterocycles. The SMILES string of the molecule is COc1cc(Cl)cc(/C=C2\C(=O)NN(c3ccc(C)c(C)c3)C2=O)c1O. The third-order valence-electron chi connectivity index (χ3n) is 4.23. The first kappa shape index (κ1) is 17.8. The van der Waals surface area contributed by atoms with E-state index in [-0.39, 0.29) is 22.6 Å². The zero-order chi connectivity index (χ0) is 19.0. The summed E-state index contributed by atoms with van der Waals surface area (Å²) in [6.45, 7) is 3.89. The summed E-state index contributed by atoms with van der Waals surface area (Å²) in [7, 11) is 1.39. The molecule has 3 rings (SSSR count). The van der Waals surface area contributed by atoms with E-state index in [1.807, 2.05) is 26.0 Å². The third kappa shape index (κ3) is 3.11. The molecule has 1 aliphatic heterocycles. The van der Waals surface area contributed by atoms with E-state index in [2.05, 4.69) is 5.43 Å². The van der Waals surface area contributed by atoms with Gasteiger partial charge in [-0.3, -0.25) is 15.0 Å². The van der Waals surface area contributed by atoms with Gasteiger partial charge in [-0.05, 0) is 49.2 Å². The molecule has 134 valence electrons. The fraction of sp³-hybridized carbons (Fsp3) is 0.158. The van der Waals surface area contributed by atoms with Gasteiger partial charge in [0.05, 0.1) is 12.8 Å². The topological polar surface area (TPSA) is 78.9 Å². The highest BCUT2D eigenvalue weighted by Crippen LogP contribution is 2.35. The average Bonchev–Trinajstić information content (AvgIpc) is 2.88. The Kier molecular flexibility index (Phi) is 4.61. The molecular formula is C19H17ClN2O4. The molecule has 0 aromatic heterocycles. The van der Waals surface area contributed by atoms with Crippen LogP contribution in [0.3, 0.4) is 0 Å². The molecule has 0 unspecified atom stereocenters. The lowest BCUT2D eigenvalue weighted by atomic mass is 10.1. The Morgan fingerprint density at radius 3 is 2.54 bits per heavy atom. The van der Waals surface area contributed by atoms with Crippen LogP contribution in [-0.2, 0) is 9.59 Å². The molecule has 0 radical (unpaired) electrons. The fourth-order valence-corrected chi connectivity index (χ4v) is 2.84. The van der Waals surface area contributed by atoms with Crippen LogP contribution in [0, 0.1) is 13.8 Å². The lowest BCUT2D eigenvalue weighted by Gasteiger charge is -2.16. The van der Waals surface area contributed by atoms with Crippen molar-refractivity contribution in [1.29, 1.82) is 0 Å². The number of carbonyl (C=O) groups excluding carboxylic acids is 2. The highest BCUT2D eigenvalue weighted by Gasteiger charge is 2.34. The van der Waals surface area contributed by atoms with Gasteiger partial charge in [-0.2, -0.15) is 0 Å². The Morgan fingerprint density at radius 1 is 1.15 bits per heavy atom. The Morgan fingerprint density at radius 2 is 1.88 bits per heavy atom. The van der Waals surface area contributed by atoms with E-state index < -0.39 is 11.8 Å². The number of amides is 2. The quantitative estimate of drug-likeness (QED) is 0.641. The van der Waals surface area contributed by atoms with Gasteiger partial charge in [0.15, 0.2) is 11.5 Å². The molecule has 0 bridgehead atoms. The van der Waals surface area contributed by atoms with Crippen molar-refractivity contribution in [2.45, 2.75) is 13.8 Å². The van der Waals surface area contributed by atoms with Crippen LogP contribution >= 0.6 is 11.6 Å². The Labute approximate surface area is 155 Å². The number of nitrogens with one attached hydrogen (secondary N) is 1. The molecular weight excluding hydrogens is 356 g/mol. The minimum Gasteiger partial charge on any atom is -0.504 e. The van der Waals surface area contributed by atoms with Crippen LogP contribution in [-0.4, -0.2) is 24.0 Å². The number of methoxy groups -OCH3 is 1. The van der Waals surface area contributed by atoms with Crippen molar-refractivity contribution < 1.29 is 19.4 Å². The van der Waals surface area contributed by atoms with Crippen molar-refractivity contribution in [1.82, 2.24) is 5.43 Å². The van der Waals surface area contributed by atoms with Crippen LogP contribution in [0.4, 0.5) is 5.69 Å². The van der Waals surface area contributed by atoms with Gasteiger partial charge in [0.2, 0.25) is 0 Å². The van der Waals surface area contributed by atoms with Crippen LogP contribution < -0.4 is 15.2 Å². The number of aryl methyl sites for hydroxylation is 2. The number of hydrogen-bond donors (Lipinski definition) is 2. The molecule has 2 aromatic carbocycles. The molecule has 7 heteroatoms. The van der Waals surface area contributed by atoms with Gasteiger partial charge in [0, 0.05) is 16.7 Å². The van der Waals surface area contributed by atoms with Crippen molar-refractivity contribution >= 4 is 35.2 Å². The standard InChI is InChI=1S/C19H17ClN2O4/c1-10-4-5-14(6-11(10)2)22-19(25)15(18(24)21-22)8-12-7-13(20)9-16(26-3)17(12)23/h4-9,23H,1-3H3,(H,21,24)/b15-8+. The molecule has 1 aliphatic rings. The first-order valence-electron chi connectivity index (χ1n) is 7.82. The molecule has 1 heterocycles. The second kappa shape index (κ2) is 6.72. The maximum absolute atomic E-state index is 12.7. The third-order valence-corrected chi connectivity index (χ3v) is 4.45. The van der Waals surface area contributed by atoms with Crippen LogP contribution in [0.15, 0.2) is 35.9 Å². The maximum atomic E-state index is 12.7. The Balaban J connectivity index is 2.01. The number of halogens is 1. The summed E-state index contributed by atoms with van der Waals surface area (Å²) in [4.78, 5) is 25.0. The van der Waals surface area contributed by atoms with Gasteiger partial charge < -0.3 is 9.84 Å². The number of nitrogens with zero attached hydrogens (tertiary/aromatic N) is 1. The Hall–Kier alpha value is -2.99. The summed E-state index contributed by atoms with van der Waals surface area (Å²) in [6, 6.07) is 8.33. The van der Waals surface area contributed by atoms with Gasteiger partial charge in [-0.25, -0.2) is 5.01 Å². The molecule has 0 atom stereocenters. The van der Waals surface area contributed by atoms with E-state index in [9.17, 15) is 14.7 Å². The summed E-state index contributed by atoms with van der Waals surface area (Å²) in [5.74, 6) is -1.13. The van der Waals surface area contributed by atoms with E-state index in [0.29, 0.717) is 10.7 Å². The number of phenols is 1. The minimum absolute atomic E-state index is 0.108. The number of ether oxygens (including phenoxy) is 1. The van der Waals surface area contributed by atoms with Crippen molar-refractivity contribution in [2.75, 3.05) is 12.1 Å². The highest BCUT2D eigenvalue weighted by atomic mass is 35.5. The van der Waals surface area contributed by atoms with E-state index >= 15 is 0 Å². The predicted octanol–water partition coefficient (Wildman–Crippen LogP) is 3.13. The number of phenolic OH excluding ortho intramolecular Hbond substituents is 1. The summed E-state index contributed by atoms with van der Waals surface area (Å²) in [6.07, 6.45) is 1.29. The van der Waals surface area contributed by atoms with E-state index in [4.69, 9.17) is 16.3 Å². The van der Waals surface area contributed by atoms with Crippen LogP contribution in [0.1, 0.15) is 16.7 Å². The van der Waals surface area contributed by atoms with Gasteiger partial charge in [0.25, 0.3) is 11.8 Å². The molecule has 6 nitrogen and oxygen atoms in total. The second-order valence-corrected chi connectivity index (χ2v) is 6.39. The summed E-state index contributed by atoms with van der Waals surface area (Å²) < 4.78 is 5.04. The molecule has 0 aliphatic carbocycles. The number of hydrogen-bond acceptors (Lipinski definition) is 4. The lowest BCUT2D eigenvalue weighted by molar-refractivity contribution is -0.117. The summed E-state index contributed by atoms with van der Waals surface area (Å²) in [5, 5.41) is 11.7. The normalized spacial score (nSPS) is 15.5. The largest absolute Gasteiger partial charge is 0.504 e. The van der Waals surface area contributed by atoms with Crippen molar-refractivity contribution in [3.05, 3.63) is 57.6 Å². The summed E-state index contributed by atoms with van der Waals surface area (Å²) in [5.41, 5.74) is 5.28. The summed E-state index contributed by atoms with van der Waals surface area (Å²) >= 11 is 6.00. The number of hydrazine groups is 1. The van der Waals surface area contributed by atoms with Gasteiger partial charge in [-0.1, -0.05) is 17.7 Å². The maximum Gasteiger partial charge on any atom is 0.282 e. The fourth-order valence-electron chi connectivity index (χ4n) is 2.62. The smallest absolute Gasteiger partial charge is 0.282 e. The molecule has 2 N–H and O–H groups in total. The van der Waals surface area contributed by atoms with Gasteiger partial charge in [-0.15, -0.1) is 0 Å². The monoisotopic (exact) mass is 372 g/mol. The average molecular weight is 373 g/mol. The second-order valence-electron chi connectivity index (χ2n) is 5.95. The van der Waals surface area contributed by atoms with Crippen molar-refractivity contribution in [2.24, 2.45) is 0 Å². The van der Waals surface area contributed by atoms with Gasteiger partial charge in [0.1, 0.15) is 5.57 Å². The van der Waals surface area contributed by atoms with E-state index in [0.717, 1.165) is 11.1 Å². The number of aromatic hydroxyl groups is 1. The predicted molar refractivity (Wildman–Crippen MR) is 99.2 cm³/mol. The zero-order valence-electron chi connectivity index (χ0n) is 14.5. The molecule has 2 amide bonds. The van der Waals surface area contributed by atoms with Crippen molar-refractivity contribution in [3.63, 3.8) is 0 Å². The van der Waals surface area contributed by atoms with Crippen LogP contribution in [0.25, 0.3) is 6.08 Å². The lowest BCUT2D eigenvalue weighted by Crippen LogP contribution is -2.35.